The predicted molar refractivity (Wildman–Crippen MR) is 112 cm³/mol. The summed E-state index contributed by atoms with van der Waals surface area (Å²) >= 11 is 0. The molecule has 1 heterocycles. The summed E-state index contributed by atoms with van der Waals surface area (Å²) in [5.41, 5.74) is -0.471. The van der Waals surface area contributed by atoms with Crippen LogP contribution in [0.1, 0.15) is 49.4 Å². The lowest BCUT2D eigenvalue weighted by Crippen LogP contribution is -2.52. The number of amides is 1. The molecule has 0 spiro atoms. The maximum absolute atomic E-state index is 13.0. The minimum atomic E-state index is -3.65. The van der Waals surface area contributed by atoms with Gasteiger partial charge in [-0.25, -0.2) is 8.42 Å². The molecule has 2 aliphatic rings. The van der Waals surface area contributed by atoms with Crippen LogP contribution in [0.4, 0.5) is 0 Å². The van der Waals surface area contributed by atoms with Crippen LogP contribution in [0.15, 0.2) is 29.2 Å². The van der Waals surface area contributed by atoms with E-state index in [4.69, 9.17) is 0 Å². The fraction of sp³-hybridized carbons (Fsp3) is 0.619. The summed E-state index contributed by atoms with van der Waals surface area (Å²) in [6.45, 7) is 3.97. The number of hydrogen-bond donors (Lipinski definition) is 2. The highest BCUT2D eigenvalue weighted by Gasteiger charge is 2.36. The molecule has 0 aromatic heterocycles. The lowest BCUT2D eigenvalue weighted by molar-refractivity contribution is 0.0880. The molecular weight excluding hydrogens is 404 g/mol. The predicted octanol–water partition coefficient (Wildman–Crippen LogP) is 1.33. The largest absolute Gasteiger partial charge is 0.395 e. The Kier molecular flexibility index (Phi) is 7.14. The van der Waals surface area contributed by atoms with E-state index in [1.54, 1.807) is 0 Å². The van der Waals surface area contributed by atoms with Crippen molar-refractivity contribution >= 4 is 15.9 Å². The standard InChI is InChI=1S/C21H30N4O4S/c1-2-18(15-26)24-11-13-25(14-12-24)30(28,29)19-7-5-17(6-8-19)20(27)23-21(16-22)9-3-4-10-21/h5-8,18,26H,2-4,9-15H2,1H3,(H,23,27)/t18-/m1/s1. The number of nitriles is 1. The zero-order valence-corrected chi connectivity index (χ0v) is 18.2. The number of hydrogen-bond acceptors (Lipinski definition) is 6. The number of nitrogens with zero attached hydrogens (tertiary/aromatic N) is 3. The Labute approximate surface area is 178 Å². The smallest absolute Gasteiger partial charge is 0.252 e. The topological polar surface area (TPSA) is 114 Å². The third-order valence-corrected chi connectivity index (χ3v) is 8.16. The van der Waals surface area contributed by atoms with Crippen LogP contribution in [0.5, 0.6) is 0 Å². The quantitative estimate of drug-likeness (QED) is 0.669. The van der Waals surface area contributed by atoms with E-state index in [0.717, 1.165) is 19.3 Å². The van der Waals surface area contributed by atoms with Crippen molar-refractivity contribution in [3.8, 4) is 6.07 Å². The Balaban J connectivity index is 1.65. The summed E-state index contributed by atoms with van der Waals surface area (Å²) in [4.78, 5) is 14.8. The number of benzene rings is 1. The molecule has 2 N–H and O–H groups in total. The lowest BCUT2D eigenvalue weighted by atomic mass is 9.99. The van der Waals surface area contributed by atoms with Gasteiger partial charge in [-0.1, -0.05) is 6.92 Å². The third kappa shape index (κ3) is 4.67. The third-order valence-electron chi connectivity index (χ3n) is 6.25. The zero-order chi connectivity index (χ0) is 21.8. The summed E-state index contributed by atoms with van der Waals surface area (Å²) in [7, 11) is -3.65. The van der Waals surface area contributed by atoms with Gasteiger partial charge in [-0.15, -0.1) is 0 Å². The molecule has 9 heteroatoms. The van der Waals surface area contributed by atoms with Crippen molar-refractivity contribution in [2.75, 3.05) is 32.8 Å². The van der Waals surface area contributed by atoms with Crippen LogP contribution in [0.2, 0.25) is 0 Å². The van der Waals surface area contributed by atoms with Gasteiger partial charge in [0.1, 0.15) is 5.54 Å². The average molecular weight is 435 g/mol. The number of piperazine rings is 1. The monoisotopic (exact) mass is 434 g/mol. The summed E-state index contributed by atoms with van der Waals surface area (Å²) in [6.07, 6.45) is 3.93. The van der Waals surface area contributed by atoms with E-state index < -0.39 is 15.6 Å². The van der Waals surface area contributed by atoms with Crippen molar-refractivity contribution in [1.82, 2.24) is 14.5 Å². The van der Waals surface area contributed by atoms with Crippen molar-refractivity contribution in [2.45, 2.75) is 55.5 Å². The van der Waals surface area contributed by atoms with Gasteiger partial charge in [0.2, 0.25) is 10.0 Å². The van der Waals surface area contributed by atoms with E-state index >= 15 is 0 Å². The molecular formula is C21H30N4O4S. The van der Waals surface area contributed by atoms with Gasteiger partial charge in [0.15, 0.2) is 0 Å². The second-order valence-corrected chi connectivity index (χ2v) is 10.0. The molecule has 0 unspecified atom stereocenters. The molecule has 1 aliphatic carbocycles. The van der Waals surface area contributed by atoms with Gasteiger partial charge in [0, 0.05) is 37.8 Å². The number of nitrogens with one attached hydrogen (secondary N) is 1. The molecule has 3 rings (SSSR count). The minimum absolute atomic E-state index is 0.0595. The van der Waals surface area contributed by atoms with Crippen molar-refractivity contribution in [3.63, 3.8) is 0 Å². The molecule has 0 bridgehead atoms. The fourth-order valence-corrected chi connectivity index (χ4v) is 5.69. The van der Waals surface area contributed by atoms with Crippen LogP contribution < -0.4 is 5.32 Å². The second-order valence-electron chi connectivity index (χ2n) is 8.06. The minimum Gasteiger partial charge on any atom is -0.395 e. The average Bonchev–Trinajstić information content (AvgIpc) is 3.24. The first-order valence-electron chi connectivity index (χ1n) is 10.5. The van der Waals surface area contributed by atoms with E-state index in [1.165, 1.54) is 28.6 Å². The van der Waals surface area contributed by atoms with Crippen molar-refractivity contribution in [3.05, 3.63) is 29.8 Å². The van der Waals surface area contributed by atoms with Crippen molar-refractivity contribution in [2.24, 2.45) is 0 Å². The summed E-state index contributed by atoms with van der Waals surface area (Å²) < 4.78 is 27.4. The van der Waals surface area contributed by atoms with E-state index in [9.17, 15) is 23.6 Å². The van der Waals surface area contributed by atoms with Crippen LogP contribution >= 0.6 is 0 Å². The molecule has 2 fully saturated rings. The van der Waals surface area contributed by atoms with E-state index in [1.807, 2.05) is 6.92 Å². The molecule has 0 radical (unpaired) electrons. The van der Waals surface area contributed by atoms with Gasteiger partial charge in [0.25, 0.3) is 5.91 Å². The van der Waals surface area contributed by atoms with Gasteiger partial charge < -0.3 is 10.4 Å². The van der Waals surface area contributed by atoms with Crippen LogP contribution in [0, 0.1) is 11.3 Å². The van der Waals surface area contributed by atoms with Gasteiger partial charge in [-0.3, -0.25) is 9.69 Å². The van der Waals surface area contributed by atoms with Gasteiger partial charge >= 0.3 is 0 Å². The summed E-state index contributed by atoms with van der Waals surface area (Å²) in [5.74, 6) is -0.356. The molecule has 1 atom stereocenters. The van der Waals surface area contributed by atoms with Crippen LogP contribution in [-0.2, 0) is 10.0 Å². The van der Waals surface area contributed by atoms with Gasteiger partial charge in [-0.2, -0.15) is 9.57 Å². The van der Waals surface area contributed by atoms with E-state index in [0.29, 0.717) is 44.6 Å². The zero-order valence-electron chi connectivity index (χ0n) is 17.4. The van der Waals surface area contributed by atoms with Gasteiger partial charge in [0.05, 0.1) is 17.6 Å². The summed E-state index contributed by atoms with van der Waals surface area (Å²) in [6, 6.07) is 8.18. The first-order valence-corrected chi connectivity index (χ1v) is 12.0. The number of rotatable bonds is 7. The Bertz CT molecular complexity index is 877. The maximum Gasteiger partial charge on any atom is 0.252 e. The number of carbonyl (C=O) groups excluding carboxylic acids is 1. The van der Waals surface area contributed by atoms with Crippen molar-refractivity contribution < 1.29 is 18.3 Å². The molecule has 1 saturated carbocycles. The first kappa shape index (κ1) is 22.7. The molecule has 8 nitrogen and oxygen atoms in total. The highest BCUT2D eigenvalue weighted by atomic mass is 32.2. The summed E-state index contributed by atoms with van der Waals surface area (Å²) in [5, 5.41) is 21.7. The molecule has 1 saturated heterocycles. The van der Waals surface area contributed by atoms with E-state index in [2.05, 4.69) is 16.3 Å². The molecule has 1 aromatic rings. The number of carbonyl (C=O) groups is 1. The Morgan fingerprint density at radius 2 is 1.80 bits per heavy atom. The van der Waals surface area contributed by atoms with Crippen LogP contribution in [0.25, 0.3) is 0 Å². The highest BCUT2D eigenvalue weighted by molar-refractivity contribution is 7.89. The molecule has 1 aliphatic heterocycles. The lowest BCUT2D eigenvalue weighted by Gasteiger charge is -2.37. The Morgan fingerprint density at radius 3 is 2.30 bits per heavy atom. The maximum atomic E-state index is 13.0. The number of sulfonamides is 1. The van der Waals surface area contributed by atoms with Crippen LogP contribution in [0.3, 0.4) is 0 Å². The SMILES string of the molecule is CC[C@H](CO)N1CCN(S(=O)(=O)c2ccc(C(=O)NC3(C#N)CCCC3)cc2)CC1. The normalized spacial score (nSPS) is 21.1. The Hall–Kier alpha value is -1.99. The fourth-order valence-electron chi connectivity index (χ4n) is 4.27. The molecule has 30 heavy (non-hydrogen) atoms. The second kappa shape index (κ2) is 9.43. The molecule has 164 valence electrons. The molecule has 1 amide bonds. The Morgan fingerprint density at radius 1 is 1.20 bits per heavy atom. The van der Waals surface area contributed by atoms with Gasteiger partial charge in [-0.05, 0) is 56.4 Å². The van der Waals surface area contributed by atoms with E-state index in [-0.39, 0.29) is 23.5 Å². The van der Waals surface area contributed by atoms with Crippen LogP contribution in [-0.4, -0.2) is 73.0 Å². The number of aliphatic hydroxyl groups is 1. The van der Waals surface area contributed by atoms with Crippen molar-refractivity contribution in [1.29, 1.82) is 5.26 Å². The molecule has 1 aromatic carbocycles. The highest BCUT2D eigenvalue weighted by Crippen LogP contribution is 2.29. The first-order chi connectivity index (χ1) is 14.3. The number of aliphatic hydroxyl groups excluding tert-OH is 1.